The molecule has 0 aliphatic rings. The zero-order chi connectivity index (χ0) is 15.6. The van der Waals surface area contributed by atoms with Gasteiger partial charge in [0, 0.05) is 17.0 Å². The van der Waals surface area contributed by atoms with Gasteiger partial charge in [0.25, 0.3) is 5.91 Å². The molecule has 1 aromatic carbocycles. The van der Waals surface area contributed by atoms with E-state index < -0.39 is 17.5 Å². The largest absolute Gasteiger partial charge is 0.396 e. The van der Waals surface area contributed by atoms with Gasteiger partial charge in [-0.3, -0.25) is 4.79 Å². The fourth-order valence-electron chi connectivity index (χ4n) is 1.94. The molecule has 0 aliphatic carbocycles. The molecule has 2 N–H and O–H groups in total. The fourth-order valence-corrected chi connectivity index (χ4v) is 2.65. The van der Waals surface area contributed by atoms with Crippen LogP contribution in [0.4, 0.5) is 14.5 Å². The van der Waals surface area contributed by atoms with Gasteiger partial charge in [-0.15, -0.1) is 11.3 Å². The van der Waals surface area contributed by atoms with E-state index in [4.69, 9.17) is 5.73 Å². The van der Waals surface area contributed by atoms with Gasteiger partial charge in [0.15, 0.2) is 0 Å². The highest BCUT2D eigenvalue weighted by Gasteiger charge is 2.23. The van der Waals surface area contributed by atoms with E-state index >= 15 is 0 Å². The number of rotatable bonds is 4. The Hall–Kier alpha value is -1.95. The predicted octanol–water partition coefficient (Wildman–Crippen LogP) is 3.66. The first kappa shape index (κ1) is 15.4. The summed E-state index contributed by atoms with van der Waals surface area (Å²) in [5.74, 6) is -2.26. The molecule has 1 amide bonds. The average Bonchev–Trinajstić information content (AvgIpc) is 2.92. The van der Waals surface area contributed by atoms with Crippen LogP contribution in [0.15, 0.2) is 29.6 Å². The van der Waals surface area contributed by atoms with E-state index in [0.717, 1.165) is 10.9 Å². The molecular weight excluding hydrogens is 294 g/mol. The van der Waals surface area contributed by atoms with Gasteiger partial charge >= 0.3 is 0 Å². The highest BCUT2D eigenvalue weighted by atomic mass is 32.1. The summed E-state index contributed by atoms with van der Waals surface area (Å²) in [5, 5.41) is 1.91. The van der Waals surface area contributed by atoms with Crippen LogP contribution < -0.4 is 5.73 Å². The molecule has 0 spiro atoms. The van der Waals surface area contributed by atoms with E-state index in [0.29, 0.717) is 12.6 Å². The summed E-state index contributed by atoms with van der Waals surface area (Å²) < 4.78 is 27.0. The Morgan fingerprint density at radius 1 is 1.33 bits per heavy atom. The predicted molar refractivity (Wildman–Crippen MR) is 80.1 cm³/mol. The first-order valence-corrected chi connectivity index (χ1v) is 7.36. The fraction of sp³-hybridized carbons (Fsp3) is 0.267. The molecule has 0 atom stereocenters. The number of benzene rings is 1. The van der Waals surface area contributed by atoms with Gasteiger partial charge < -0.3 is 10.6 Å². The quantitative estimate of drug-likeness (QED) is 0.876. The van der Waals surface area contributed by atoms with E-state index in [1.807, 2.05) is 31.4 Å². The minimum atomic E-state index is -0.900. The summed E-state index contributed by atoms with van der Waals surface area (Å²) in [4.78, 5) is 15.0. The maximum atomic E-state index is 13.8. The number of nitrogens with two attached hydrogens (primary N) is 1. The third-order valence-electron chi connectivity index (χ3n) is 3.11. The maximum absolute atomic E-state index is 13.8. The number of carbonyl (C=O) groups is 1. The summed E-state index contributed by atoms with van der Waals surface area (Å²) in [6, 6.07) is 5.37. The SMILES string of the molecule is CC(C)N(Cc1cccs1)C(=O)c1cc(N)c(F)cc1F. The zero-order valence-corrected chi connectivity index (χ0v) is 12.6. The molecule has 0 aliphatic heterocycles. The van der Waals surface area contributed by atoms with Crippen LogP contribution in [0.1, 0.15) is 29.1 Å². The highest BCUT2D eigenvalue weighted by Crippen LogP contribution is 2.21. The van der Waals surface area contributed by atoms with Crippen molar-refractivity contribution in [3.05, 3.63) is 51.7 Å². The minimum absolute atomic E-state index is 0.120. The van der Waals surface area contributed by atoms with Crippen molar-refractivity contribution in [3.63, 3.8) is 0 Å². The summed E-state index contributed by atoms with van der Waals surface area (Å²) in [6.45, 7) is 4.07. The minimum Gasteiger partial charge on any atom is -0.396 e. The number of nitrogen functional groups attached to an aromatic ring is 1. The molecule has 0 radical (unpaired) electrons. The first-order chi connectivity index (χ1) is 9.90. The Morgan fingerprint density at radius 2 is 2.05 bits per heavy atom. The molecule has 1 aromatic heterocycles. The van der Waals surface area contributed by atoms with E-state index in [-0.39, 0.29) is 17.3 Å². The van der Waals surface area contributed by atoms with Crippen molar-refractivity contribution >= 4 is 22.9 Å². The van der Waals surface area contributed by atoms with Crippen molar-refractivity contribution in [1.29, 1.82) is 0 Å². The number of hydrogen-bond acceptors (Lipinski definition) is 3. The molecule has 0 bridgehead atoms. The van der Waals surface area contributed by atoms with Crippen molar-refractivity contribution in [2.45, 2.75) is 26.4 Å². The third-order valence-corrected chi connectivity index (χ3v) is 3.97. The maximum Gasteiger partial charge on any atom is 0.257 e. The first-order valence-electron chi connectivity index (χ1n) is 6.48. The van der Waals surface area contributed by atoms with Crippen molar-refractivity contribution in [2.24, 2.45) is 0 Å². The smallest absolute Gasteiger partial charge is 0.257 e. The lowest BCUT2D eigenvalue weighted by Crippen LogP contribution is -2.36. The summed E-state index contributed by atoms with van der Waals surface area (Å²) in [5.41, 5.74) is 4.98. The molecular formula is C15H16F2N2OS. The summed E-state index contributed by atoms with van der Waals surface area (Å²) in [7, 11) is 0. The number of nitrogens with zero attached hydrogens (tertiary/aromatic N) is 1. The molecule has 0 fully saturated rings. The lowest BCUT2D eigenvalue weighted by atomic mass is 10.1. The topological polar surface area (TPSA) is 46.3 Å². The van der Waals surface area contributed by atoms with Crippen molar-refractivity contribution in [2.75, 3.05) is 5.73 Å². The molecule has 0 saturated heterocycles. The Kier molecular flexibility index (Phi) is 4.57. The molecule has 2 aromatic rings. The third kappa shape index (κ3) is 3.39. The Balaban J connectivity index is 2.32. The van der Waals surface area contributed by atoms with Gasteiger partial charge in [-0.25, -0.2) is 8.78 Å². The summed E-state index contributed by atoms with van der Waals surface area (Å²) in [6.07, 6.45) is 0. The molecule has 0 unspecified atom stereocenters. The van der Waals surface area contributed by atoms with Gasteiger partial charge in [-0.2, -0.15) is 0 Å². The molecule has 1 heterocycles. The Bertz CT molecular complexity index is 641. The van der Waals surface area contributed by atoms with Crippen LogP contribution in [0.5, 0.6) is 0 Å². The van der Waals surface area contributed by atoms with Gasteiger partial charge in [0.05, 0.1) is 17.8 Å². The van der Waals surface area contributed by atoms with E-state index in [9.17, 15) is 13.6 Å². The van der Waals surface area contributed by atoms with E-state index in [1.165, 1.54) is 16.2 Å². The summed E-state index contributed by atoms with van der Waals surface area (Å²) >= 11 is 1.52. The van der Waals surface area contributed by atoms with Crippen LogP contribution in [0.3, 0.4) is 0 Å². The van der Waals surface area contributed by atoms with Crippen LogP contribution in [0.2, 0.25) is 0 Å². The number of hydrogen-bond donors (Lipinski definition) is 1. The molecule has 0 saturated carbocycles. The van der Waals surface area contributed by atoms with Crippen LogP contribution in [0.25, 0.3) is 0 Å². The van der Waals surface area contributed by atoms with Crippen LogP contribution >= 0.6 is 11.3 Å². The standard InChI is InChI=1S/C15H16F2N2OS/c1-9(2)19(8-10-4-3-5-21-10)15(20)11-6-14(18)13(17)7-12(11)16/h3-7,9H,8,18H2,1-2H3. The van der Waals surface area contributed by atoms with Gasteiger partial charge in [-0.05, 0) is 31.4 Å². The second-order valence-electron chi connectivity index (χ2n) is 4.96. The number of anilines is 1. The van der Waals surface area contributed by atoms with Crippen molar-refractivity contribution in [1.82, 2.24) is 4.90 Å². The Morgan fingerprint density at radius 3 is 2.62 bits per heavy atom. The highest BCUT2D eigenvalue weighted by molar-refractivity contribution is 7.09. The Labute approximate surface area is 126 Å². The second-order valence-corrected chi connectivity index (χ2v) is 5.99. The van der Waals surface area contributed by atoms with Gasteiger partial charge in [0.2, 0.25) is 0 Å². The molecule has 3 nitrogen and oxygen atoms in total. The van der Waals surface area contributed by atoms with Crippen molar-refractivity contribution < 1.29 is 13.6 Å². The lowest BCUT2D eigenvalue weighted by Gasteiger charge is -2.26. The number of halogens is 2. The van der Waals surface area contributed by atoms with Crippen LogP contribution in [-0.2, 0) is 6.54 Å². The van der Waals surface area contributed by atoms with Gasteiger partial charge in [0.1, 0.15) is 11.6 Å². The number of thiophene rings is 1. The average molecular weight is 310 g/mol. The molecule has 112 valence electrons. The molecule has 21 heavy (non-hydrogen) atoms. The van der Waals surface area contributed by atoms with E-state index in [2.05, 4.69) is 0 Å². The zero-order valence-electron chi connectivity index (χ0n) is 11.8. The lowest BCUT2D eigenvalue weighted by molar-refractivity contribution is 0.0687. The molecule has 6 heteroatoms. The van der Waals surface area contributed by atoms with Crippen LogP contribution in [0, 0.1) is 11.6 Å². The number of amides is 1. The number of carbonyl (C=O) groups excluding carboxylic acids is 1. The second kappa shape index (κ2) is 6.22. The monoisotopic (exact) mass is 310 g/mol. The van der Waals surface area contributed by atoms with Crippen molar-refractivity contribution in [3.8, 4) is 0 Å². The normalized spacial score (nSPS) is 10.9. The van der Waals surface area contributed by atoms with Crippen LogP contribution in [-0.4, -0.2) is 16.8 Å². The van der Waals surface area contributed by atoms with Gasteiger partial charge in [-0.1, -0.05) is 6.07 Å². The van der Waals surface area contributed by atoms with E-state index in [1.54, 1.807) is 0 Å². The molecule has 2 rings (SSSR count).